The van der Waals surface area contributed by atoms with E-state index in [0.29, 0.717) is 0 Å². The monoisotopic (exact) mass is 298 g/mol. The standard InChI is InChI=1S/C23H22/c1-4-12-21-19(6-3)20-15-10-11-16-22(20)23(21,17-5-2)18-13-8-7-9-14-18/h4-16H,2-3,17H2,1H3/b12-4-. The van der Waals surface area contributed by atoms with E-state index in [4.69, 9.17) is 0 Å². The Bertz CT molecular complexity index is 790. The molecule has 114 valence electrons. The summed E-state index contributed by atoms with van der Waals surface area (Å²) in [6.45, 7) is 10.2. The zero-order valence-corrected chi connectivity index (χ0v) is 13.6. The maximum Gasteiger partial charge on any atom is 0.0497 e. The Labute approximate surface area is 139 Å². The molecule has 0 heterocycles. The predicted octanol–water partition coefficient (Wildman–Crippen LogP) is 6.08. The van der Waals surface area contributed by atoms with Crippen molar-refractivity contribution in [3.8, 4) is 0 Å². The van der Waals surface area contributed by atoms with Crippen LogP contribution in [0.4, 0.5) is 0 Å². The third kappa shape index (κ3) is 2.22. The second kappa shape index (κ2) is 6.26. The van der Waals surface area contributed by atoms with E-state index in [1.54, 1.807) is 0 Å². The Morgan fingerprint density at radius 1 is 0.957 bits per heavy atom. The van der Waals surface area contributed by atoms with Crippen molar-refractivity contribution in [2.45, 2.75) is 18.8 Å². The Kier molecular flexibility index (Phi) is 4.16. The summed E-state index contributed by atoms with van der Waals surface area (Å²) >= 11 is 0. The van der Waals surface area contributed by atoms with Crippen LogP contribution < -0.4 is 0 Å². The van der Waals surface area contributed by atoms with Crippen LogP contribution >= 0.6 is 0 Å². The molecule has 0 N–H and O–H groups in total. The van der Waals surface area contributed by atoms with Gasteiger partial charge in [-0.1, -0.05) is 85.5 Å². The minimum absolute atomic E-state index is 0.185. The van der Waals surface area contributed by atoms with Gasteiger partial charge in [0.05, 0.1) is 0 Å². The van der Waals surface area contributed by atoms with Crippen LogP contribution in [0.15, 0.2) is 97.6 Å². The number of hydrogen-bond acceptors (Lipinski definition) is 0. The molecule has 0 heteroatoms. The van der Waals surface area contributed by atoms with E-state index in [9.17, 15) is 0 Å². The largest absolute Gasteiger partial charge is 0.103 e. The number of allylic oxidation sites excluding steroid dienone is 6. The summed E-state index contributed by atoms with van der Waals surface area (Å²) in [4.78, 5) is 0. The van der Waals surface area contributed by atoms with Gasteiger partial charge >= 0.3 is 0 Å². The molecule has 0 saturated carbocycles. The summed E-state index contributed by atoms with van der Waals surface area (Å²) in [5.41, 5.74) is 6.27. The van der Waals surface area contributed by atoms with Crippen LogP contribution in [0.3, 0.4) is 0 Å². The molecule has 1 aliphatic carbocycles. The molecule has 0 fully saturated rings. The van der Waals surface area contributed by atoms with E-state index in [2.05, 4.69) is 86.8 Å². The highest BCUT2D eigenvalue weighted by Gasteiger charge is 2.43. The SMILES string of the molecule is C=CCC1(c2ccccc2)C(/C=C\C)=C(C=C)c2ccccc21. The maximum absolute atomic E-state index is 4.08. The Morgan fingerprint density at radius 3 is 2.30 bits per heavy atom. The van der Waals surface area contributed by atoms with Crippen molar-refractivity contribution in [1.82, 2.24) is 0 Å². The van der Waals surface area contributed by atoms with Crippen LogP contribution in [0, 0.1) is 0 Å². The summed E-state index contributed by atoms with van der Waals surface area (Å²) in [5.74, 6) is 0. The highest BCUT2D eigenvalue weighted by atomic mass is 14.4. The van der Waals surface area contributed by atoms with E-state index in [-0.39, 0.29) is 5.41 Å². The highest BCUT2D eigenvalue weighted by Crippen LogP contribution is 2.53. The molecule has 1 aliphatic rings. The van der Waals surface area contributed by atoms with Crippen molar-refractivity contribution in [3.05, 3.63) is 114 Å². The quantitative estimate of drug-likeness (QED) is 0.587. The lowest BCUT2D eigenvalue weighted by molar-refractivity contribution is 0.640. The molecule has 3 rings (SSSR count). The van der Waals surface area contributed by atoms with Gasteiger partial charge in [-0.05, 0) is 41.2 Å². The van der Waals surface area contributed by atoms with Crippen molar-refractivity contribution >= 4 is 5.57 Å². The molecule has 0 bridgehead atoms. The number of benzene rings is 2. The smallest absolute Gasteiger partial charge is 0.0497 e. The van der Waals surface area contributed by atoms with E-state index >= 15 is 0 Å². The predicted molar refractivity (Wildman–Crippen MR) is 100 cm³/mol. The zero-order chi connectivity index (χ0) is 16.3. The first-order valence-corrected chi connectivity index (χ1v) is 8.05. The van der Waals surface area contributed by atoms with Gasteiger partial charge in [0.25, 0.3) is 0 Å². The lowest BCUT2D eigenvalue weighted by atomic mass is 9.69. The van der Waals surface area contributed by atoms with Gasteiger partial charge in [0.15, 0.2) is 0 Å². The minimum atomic E-state index is -0.185. The van der Waals surface area contributed by atoms with E-state index in [1.165, 1.54) is 27.8 Å². The lowest BCUT2D eigenvalue weighted by Gasteiger charge is -2.33. The van der Waals surface area contributed by atoms with Crippen molar-refractivity contribution in [2.75, 3.05) is 0 Å². The molecule has 0 aromatic heterocycles. The molecule has 0 amide bonds. The second-order valence-electron chi connectivity index (χ2n) is 5.84. The van der Waals surface area contributed by atoms with Gasteiger partial charge in [-0.15, -0.1) is 6.58 Å². The van der Waals surface area contributed by atoms with Crippen molar-refractivity contribution in [2.24, 2.45) is 0 Å². The Balaban J connectivity index is 2.42. The molecule has 2 aromatic rings. The first kappa shape index (κ1) is 15.3. The van der Waals surface area contributed by atoms with E-state index < -0.39 is 0 Å². The van der Waals surface area contributed by atoms with Crippen LogP contribution in [0.25, 0.3) is 5.57 Å². The number of rotatable bonds is 5. The number of fused-ring (bicyclic) bond motifs is 1. The van der Waals surface area contributed by atoms with Gasteiger partial charge in [0.1, 0.15) is 0 Å². The first-order chi connectivity index (χ1) is 11.3. The fourth-order valence-corrected chi connectivity index (χ4v) is 3.82. The van der Waals surface area contributed by atoms with E-state index in [0.717, 1.165) is 6.42 Å². The summed E-state index contributed by atoms with van der Waals surface area (Å²) in [6, 6.07) is 19.4. The first-order valence-electron chi connectivity index (χ1n) is 8.05. The molecule has 0 radical (unpaired) electrons. The van der Waals surface area contributed by atoms with E-state index in [1.807, 2.05) is 12.2 Å². The van der Waals surface area contributed by atoms with Gasteiger partial charge < -0.3 is 0 Å². The van der Waals surface area contributed by atoms with Gasteiger partial charge in [0.2, 0.25) is 0 Å². The van der Waals surface area contributed by atoms with Crippen molar-refractivity contribution < 1.29 is 0 Å². The highest BCUT2D eigenvalue weighted by molar-refractivity contribution is 5.89. The fourth-order valence-electron chi connectivity index (χ4n) is 3.82. The summed E-state index contributed by atoms with van der Waals surface area (Å²) < 4.78 is 0. The molecule has 0 nitrogen and oxygen atoms in total. The van der Waals surface area contributed by atoms with Crippen LogP contribution in [-0.2, 0) is 5.41 Å². The number of hydrogen-bond donors (Lipinski definition) is 0. The molecule has 2 aromatic carbocycles. The average Bonchev–Trinajstić information content (AvgIpc) is 2.87. The molecule has 1 unspecified atom stereocenters. The van der Waals surface area contributed by atoms with Crippen LogP contribution in [-0.4, -0.2) is 0 Å². The van der Waals surface area contributed by atoms with Gasteiger partial charge in [-0.25, -0.2) is 0 Å². The normalized spacial score (nSPS) is 19.9. The average molecular weight is 298 g/mol. The molecular weight excluding hydrogens is 276 g/mol. The van der Waals surface area contributed by atoms with Gasteiger partial charge in [-0.3, -0.25) is 0 Å². The Hall–Kier alpha value is -2.60. The van der Waals surface area contributed by atoms with Gasteiger partial charge in [0, 0.05) is 5.41 Å². The van der Waals surface area contributed by atoms with Crippen LogP contribution in [0.5, 0.6) is 0 Å². The maximum atomic E-state index is 4.08. The third-order valence-electron chi connectivity index (χ3n) is 4.68. The van der Waals surface area contributed by atoms with Crippen molar-refractivity contribution in [3.63, 3.8) is 0 Å². The second-order valence-corrected chi connectivity index (χ2v) is 5.84. The molecule has 0 aliphatic heterocycles. The molecule has 0 spiro atoms. The fraction of sp³-hybridized carbons (Fsp3) is 0.130. The summed E-state index contributed by atoms with van der Waals surface area (Å²) in [5, 5.41) is 0. The third-order valence-corrected chi connectivity index (χ3v) is 4.68. The minimum Gasteiger partial charge on any atom is -0.103 e. The molecular formula is C23H22. The zero-order valence-electron chi connectivity index (χ0n) is 13.6. The lowest BCUT2D eigenvalue weighted by Crippen LogP contribution is -2.27. The van der Waals surface area contributed by atoms with Crippen LogP contribution in [0.1, 0.15) is 30.0 Å². The van der Waals surface area contributed by atoms with Crippen LogP contribution in [0.2, 0.25) is 0 Å². The molecule has 0 saturated heterocycles. The summed E-state index contributed by atoms with van der Waals surface area (Å²) in [6.07, 6.45) is 9.23. The van der Waals surface area contributed by atoms with Gasteiger partial charge in [-0.2, -0.15) is 0 Å². The van der Waals surface area contributed by atoms with Crippen molar-refractivity contribution in [1.29, 1.82) is 0 Å². The Morgan fingerprint density at radius 2 is 1.65 bits per heavy atom. The summed E-state index contributed by atoms with van der Waals surface area (Å²) in [7, 11) is 0. The topological polar surface area (TPSA) is 0 Å². The molecule has 1 atom stereocenters. The molecule has 23 heavy (non-hydrogen) atoms.